The Morgan fingerprint density at radius 2 is 1.87 bits per heavy atom. The van der Waals surface area contributed by atoms with E-state index in [9.17, 15) is 15.0 Å². The summed E-state index contributed by atoms with van der Waals surface area (Å²) >= 11 is 0. The number of hydrogen-bond donors (Lipinski definition) is 2. The molecule has 5 aliphatic rings. The molecule has 5 rings (SSSR count). The van der Waals surface area contributed by atoms with E-state index in [0.717, 1.165) is 50.0 Å². The molecule has 0 saturated heterocycles. The maximum Gasteiger partial charge on any atom is 0.197 e. The van der Waals surface area contributed by atoms with Crippen molar-refractivity contribution in [2.45, 2.75) is 71.3 Å². The van der Waals surface area contributed by atoms with Crippen molar-refractivity contribution in [3.05, 3.63) is 11.3 Å². The van der Waals surface area contributed by atoms with Crippen molar-refractivity contribution >= 4 is 5.78 Å². The van der Waals surface area contributed by atoms with Crippen LogP contribution in [0.3, 0.4) is 0 Å². The first-order valence-electron chi connectivity index (χ1n) is 9.48. The molecule has 23 heavy (non-hydrogen) atoms. The van der Waals surface area contributed by atoms with E-state index >= 15 is 0 Å². The Labute approximate surface area is 138 Å². The third kappa shape index (κ3) is 1.41. The molecular formula is C20H28O3. The molecule has 1 spiro atoms. The molecule has 0 bridgehead atoms. The lowest BCUT2D eigenvalue weighted by atomic mass is 9.45. The van der Waals surface area contributed by atoms with Crippen LogP contribution >= 0.6 is 0 Å². The summed E-state index contributed by atoms with van der Waals surface area (Å²) in [5, 5.41) is 21.0. The van der Waals surface area contributed by atoms with Crippen molar-refractivity contribution in [3.63, 3.8) is 0 Å². The molecule has 3 heteroatoms. The summed E-state index contributed by atoms with van der Waals surface area (Å²) in [4.78, 5) is 12.0. The number of hydrogen-bond acceptors (Lipinski definition) is 3. The Morgan fingerprint density at radius 1 is 1.09 bits per heavy atom. The number of fused-ring (bicyclic) bond motifs is 3. The van der Waals surface area contributed by atoms with Crippen LogP contribution in [0.5, 0.6) is 0 Å². The quantitative estimate of drug-likeness (QED) is 0.715. The second kappa shape index (κ2) is 4.04. The van der Waals surface area contributed by atoms with Gasteiger partial charge in [-0.1, -0.05) is 13.8 Å². The van der Waals surface area contributed by atoms with Gasteiger partial charge in [-0.3, -0.25) is 4.79 Å². The molecule has 2 N–H and O–H groups in total. The zero-order valence-electron chi connectivity index (χ0n) is 14.3. The lowest BCUT2D eigenvalue weighted by molar-refractivity contribution is -0.124. The molecule has 4 saturated carbocycles. The van der Waals surface area contributed by atoms with E-state index in [1.807, 2.05) is 0 Å². The zero-order chi connectivity index (χ0) is 16.2. The molecule has 7 atom stereocenters. The fourth-order valence-electron chi connectivity index (χ4n) is 7.89. The normalized spacial score (nSPS) is 57.4. The van der Waals surface area contributed by atoms with Crippen LogP contribution < -0.4 is 0 Å². The van der Waals surface area contributed by atoms with Gasteiger partial charge in [0.05, 0.1) is 6.10 Å². The van der Waals surface area contributed by atoms with Crippen LogP contribution in [0.1, 0.15) is 65.2 Å². The molecule has 0 aromatic rings. The topological polar surface area (TPSA) is 57.5 Å². The Morgan fingerprint density at radius 3 is 2.65 bits per heavy atom. The Balaban J connectivity index is 1.59. The molecule has 0 radical (unpaired) electrons. The number of rotatable bonds is 0. The lowest BCUT2D eigenvalue weighted by Crippen LogP contribution is -2.54. The minimum absolute atomic E-state index is 0.0116. The average molecular weight is 316 g/mol. The Hall–Kier alpha value is -0.830. The van der Waals surface area contributed by atoms with Gasteiger partial charge in [0.25, 0.3) is 0 Å². The minimum Gasteiger partial charge on any atom is -0.504 e. The number of Topliss-reactive ketones (excluding diaryl/α,β-unsaturated/α-hetero) is 1. The highest BCUT2D eigenvalue weighted by molar-refractivity contribution is 5.95. The molecule has 5 aliphatic carbocycles. The van der Waals surface area contributed by atoms with Crippen LogP contribution in [0.25, 0.3) is 0 Å². The molecule has 126 valence electrons. The van der Waals surface area contributed by atoms with E-state index in [0.29, 0.717) is 23.7 Å². The second-order valence-corrected chi connectivity index (χ2v) is 9.57. The van der Waals surface area contributed by atoms with Crippen molar-refractivity contribution in [1.82, 2.24) is 0 Å². The number of aliphatic hydroxyl groups excluding tert-OH is 2. The minimum atomic E-state index is -0.117. The average Bonchev–Trinajstić information content (AvgIpc) is 3.17. The predicted molar refractivity (Wildman–Crippen MR) is 86.7 cm³/mol. The third-order valence-electron chi connectivity index (χ3n) is 9.22. The predicted octanol–water partition coefficient (Wildman–Crippen LogP) is 3.76. The summed E-state index contributed by atoms with van der Waals surface area (Å²) in [6, 6.07) is 0. The third-order valence-corrected chi connectivity index (χ3v) is 9.22. The molecule has 0 aromatic heterocycles. The zero-order valence-corrected chi connectivity index (χ0v) is 14.3. The molecular weight excluding hydrogens is 288 g/mol. The fraction of sp³-hybridized carbons (Fsp3) is 0.850. The van der Waals surface area contributed by atoms with Gasteiger partial charge in [0.1, 0.15) is 0 Å². The van der Waals surface area contributed by atoms with Crippen molar-refractivity contribution in [3.8, 4) is 0 Å². The molecule has 0 aromatic carbocycles. The SMILES string of the molecule is C[C@]12CCC(=O)C(O)=C1CC[C@@H]1[C@@H]2CC[C@]2(C)[C@H](O)C[C@@H]3C[C@]312. The van der Waals surface area contributed by atoms with E-state index in [2.05, 4.69) is 13.8 Å². The first kappa shape index (κ1) is 14.5. The number of carbonyl (C=O) groups excluding carboxylic acids is 1. The van der Waals surface area contributed by atoms with Gasteiger partial charge in [-0.2, -0.15) is 0 Å². The summed E-state index contributed by atoms with van der Waals surface area (Å²) in [5.74, 6) is 2.04. The smallest absolute Gasteiger partial charge is 0.197 e. The van der Waals surface area contributed by atoms with Gasteiger partial charge in [-0.05, 0) is 84.5 Å². The Bertz CT molecular complexity index is 637. The summed E-state index contributed by atoms with van der Waals surface area (Å²) in [6.45, 7) is 4.65. The monoisotopic (exact) mass is 316 g/mol. The van der Waals surface area contributed by atoms with E-state index in [-0.39, 0.29) is 28.5 Å². The highest BCUT2D eigenvalue weighted by Gasteiger charge is 2.77. The maximum absolute atomic E-state index is 12.0. The number of allylic oxidation sites excluding steroid dienone is 1. The molecule has 4 fully saturated rings. The van der Waals surface area contributed by atoms with E-state index in [4.69, 9.17) is 0 Å². The second-order valence-electron chi connectivity index (χ2n) is 9.57. The van der Waals surface area contributed by atoms with E-state index in [1.54, 1.807) is 0 Å². The lowest BCUT2D eigenvalue weighted by Gasteiger charge is -2.59. The standard InChI is InChI=1S/C20H28O3/c1-18-7-6-15(21)17(23)14(18)4-3-13-12(18)5-8-19(2)16(22)9-11-10-20(11,13)19/h11-13,16,22-23H,3-10H2,1-2H3/t11-,12+,13-,16-,18-,19-,20+/m1/s1. The van der Waals surface area contributed by atoms with Crippen molar-refractivity contribution in [1.29, 1.82) is 0 Å². The summed E-state index contributed by atoms with van der Waals surface area (Å²) in [7, 11) is 0. The van der Waals surface area contributed by atoms with Crippen LogP contribution in [0.2, 0.25) is 0 Å². The first-order chi connectivity index (χ1) is 10.8. The van der Waals surface area contributed by atoms with Gasteiger partial charge in [-0.25, -0.2) is 0 Å². The Kier molecular flexibility index (Phi) is 2.55. The van der Waals surface area contributed by atoms with E-state index in [1.165, 1.54) is 6.42 Å². The number of aliphatic hydroxyl groups is 2. The van der Waals surface area contributed by atoms with Crippen LogP contribution in [0.15, 0.2) is 11.3 Å². The summed E-state index contributed by atoms with van der Waals surface area (Å²) in [6.07, 6.45) is 7.86. The van der Waals surface area contributed by atoms with Crippen LogP contribution in [0.4, 0.5) is 0 Å². The highest BCUT2D eigenvalue weighted by Crippen LogP contribution is 2.82. The fourth-order valence-corrected chi connectivity index (χ4v) is 7.89. The summed E-state index contributed by atoms with van der Waals surface area (Å²) in [5.41, 5.74) is 1.55. The summed E-state index contributed by atoms with van der Waals surface area (Å²) < 4.78 is 0. The number of carbonyl (C=O) groups is 1. The maximum atomic E-state index is 12.0. The van der Waals surface area contributed by atoms with Crippen molar-refractivity contribution in [2.24, 2.45) is 34.0 Å². The first-order valence-corrected chi connectivity index (χ1v) is 9.48. The van der Waals surface area contributed by atoms with Gasteiger partial charge < -0.3 is 10.2 Å². The van der Waals surface area contributed by atoms with Gasteiger partial charge in [0.2, 0.25) is 0 Å². The van der Waals surface area contributed by atoms with Crippen molar-refractivity contribution < 1.29 is 15.0 Å². The van der Waals surface area contributed by atoms with Gasteiger partial charge in [0.15, 0.2) is 11.5 Å². The van der Waals surface area contributed by atoms with Gasteiger partial charge >= 0.3 is 0 Å². The number of ketones is 1. The van der Waals surface area contributed by atoms with E-state index < -0.39 is 0 Å². The van der Waals surface area contributed by atoms with Crippen LogP contribution in [0, 0.1) is 34.0 Å². The van der Waals surface area contributed by atoms with Crippen molar-refractivity contribution in [2.75, 3.05) is 0 Å². The molecule has 0 unspecified atom stereocenters. The van der Waals surface area contributed by atoms with Gasteiger partial charge in [-0.15, -0.1) is 0 Å². The highest BCUT2D eigenvalue weighted by atomic mass is 16.3. The van der Waals surface area contributed by atoms with Crippen LogP contribution in [-0.4, -0.2) is 22.1 Å². The molecule has 0 aliphatic heterocycles. The molecule has 0 amide bonds. The van der Waals surface area contributed by atoms with Gasteiger partial charge in [0, 0.05) is 6.42 Å². The van der Waals surface area contributed by atoms with Crippen LogP contribution in [-0.2, 0) is 4.79 Å². The largest absolute Gasteiger partial charge is 0.504 e. The molecule has 3 nitrogen and oxygen atoms in total. The molecule has 0 heterocycles.